The Morgan fingerprint density at radius 2 is 2.21 bits per heavy atom. The van der Waals surface area contributed by atoms with E-state index in [1.807, 2.05) is 0 Å². The number of hydrogen-bond acceptors (Lipinski definition) is 3. The fourth-order valence-corrected chi connectivity index (χ4v) is 2.19. The van der Waals surface area contributed by atoms with E-state index in [0.29, 0.717) is 18.7 Å². The van der Waals surface area contributed by atoms with E-state index in [1.54, 1.807) is 13.0 Å². The number of amides is 1. The Bertz CT molecular complexity index is 523. The van der Waals surface area contributed by atoms with E-state index in [2.05, 4.69) is 5.32 Å². The Morgan fingerprint density at radius 3 is 2.79 bits per heavy atom. The SMILES string of the molecule is CC1(C(=O)Nc2ccc(Cl)c(C(=O)O)c2)CCCO1. The van der Waals surface area contributed by atoms with Crippen LogP contribution in [0.1, 0.15) is 30.1 Å². The van der Waals surface area contributed by atoms with Gasteiger partial charge in [0.05, 0.1) is 10.6 Å². The summed E-state index contributed by atoms with van der Waals surface area (Å²) in [7, 11) is 0. The van der Waals surface area contributed by atoms with Gasteiger partial charge in [-0.2, -0.15) is 0 Å². The summed E-state index contributed by atoms with van der Waals surface area (Å²) in [6.45, 7) is 2.29. The maximum atomic E-state index is 12.1. The number of hydrogen-bond donors (Lipinski definition) is 2. The van der Waals surface area contributed by atoms with Crippen LogP contribution in [0.25, 0.3) is 0 Å². The lowest BCUT2D eigenvalue weighted by Crippen LogP contribution is -2.39. The first kappa shape index (κ1) is 13.8. The summed E-state index contributed by atoms with van der Waals surface area (Å²) in [5.74, 6) is -1.41. The van der Waals surface area contributed by atoms with E-state index in [0.717, 1.165) is 6.42 Å². The molecule has 0 aromatic heterocycles. The number of nitrogens with one attached hydrogen (secondary N) is 1. The Hall–Kier alpha value is -1.59. The number of benzene rings is 1. The number of carbonyl (C=O) groups is 2. The fraction of sp³-hybridized carbons (Fsp3) is 0.385. The maximum absolute atomic E-state index is 12.1. The minimum Gasteiger partial charge on any atom is -0.478 e. The second kappa shape index (κ2) is 5.19. The van der Waals surface area contributed by atoms with Crippen molar-refractivity contribution in [3.8, 4) is 0 Å². The molecule has 1 aromatic rings. The second-order valence-corrected chi connectivity index (χ2v) is 5.04. The first-order chi connectivity index (χ1) is 8.92. The van der Waals surface area contributed by atoms with E-state index in [9.17, 15) is 9.59 Å². The largest absolute Gasteiger partial charge is 0.478 e. The third kappa shape index (κ3) is 2.88. The van der Waals surface area contributed by atoms with Gasteiger partial charge in [-0.3, -0.25) is 4.79 Å². The molecule has 0 aliphatic carbocycles. The summed E-state index contributed by atoms with van der Waals surface area (Å²) in [5, 5.41) is 11.8. The normalized spacial score (nSPS) is 22.2. The Morgan fingerprint density at radius 1 is 1.47 bits per heavy atom. The van der Waals surface area contributed by atoms with Gasteiger partial charge in [-0.1, -0.05) is 11.6 Å². The summed E-state index contributed by atoms with van der Waals surface area (Å²) in [4.78, 5) is 23.0. The summed E-state index contributed by atoms with van der Waals surface area (Å²) in [6, 6.07) is 4.34. The van der Waals surface area contributed by atoms with E-state index in [1.165, 1.54) is 12.1 Å². The molecule has 0 bridgehead atoms. The fourth-order valence-electron chi connectivity index (χ4n) is 1.99. The van der Waals surface area contributed by atoms with Gasteiger partial charge >= 0.3 is 5.97 Å². The molecular formula is C13H14ClNO4. The molecule has 1 unspecified atom stereocenters. The zero-order valence-corrected chi connectivity index (χ0v) is 11.2. The Labute approximate surface area is 115 Å². The van der Waals surface area contributed by atoms with Crippen molar-refractivity contribution in [2.45, 2.75) is 25.4 Å². The predicted molar refractivity (Wildman–Crippen MR) is 70.6 cm³/mol. The van der Waals surface area contributed by atoms with Gasteiger partial charge in [0.1, 0.15) is 5.60 Å². The van der Waals surface area contributed by atoms with Crippen LogP contribution in [-0.4, -0.2) is 29.2 Å². The lowest BCUT2D eigenvalue weighted by Gasteiger charge is -2.22. The van der Waals surface area contributed by atoms with Crippen LogP contribution < -0.4 is 5.32 Å². The molecule has 1 aromatic carbocycles. The van der Waals surface area contributed by atoms with E-state index in [4.69, 9.17) is 21.4 Å². The molecule has 2 N–H and O–H groups in total. The van der Waals surface area contributed by atoms with Crippen LogP contribution in [-0.2, 0) is 9.53 Å². The predicted octanol–water partition coefficient (Wildman–Crippen LogP) is 2.55. The molecule has 5 nitrogen and oxygen atoms in total. The number of ether oxygens (including phenoxy) is 1. The van der Waals surface area contributed by atoms with Gasteiger partial charge in [-0.05, 0) is 38.0 Å². The van der Waals surface area contributed by atoms with E-state index >= 15 is 0 Å². The molecule has 102 valence electrons. The summed E-state index contributed by atoms with van der Waals surface area (Å²) in [6.07, 6.45) is 1.49. The highest BCUT2D eigenvalue weighted by Gasteiger charge is 2.37. The average molecular weight is 284 g/mol. The molecule has 1 heterocycles. The van der Waals surface area contributed by atoms with Gasteiger partial charge in [0.2, 0.25) is 0 Å². The van der Waals surface area contributed by atoms with E-state index in [-0.39, 0.29) is 16.5 Å². The quantitative estimate of drug-likeness (QED) is 0.894. The van der Waals surface area contributed by atoms with E-state index < -0.39 is 11.6 Å². The van der Waals surface area contributed by atoms with Crippen LogP contribution in [0.15, 0.2) is 18.2 Å². The minimum atomic E-state index is -1.13. The number of carboxylic acid groups (broad SMARTS) is 1. The Kier molecular flexibility index (Phi) is 3.78. The smallest absolute Gasteiger partial charge is 0.337 e. The van der Waals surface area contributed by atoms with Gasteiger partial charge in [0.25, 0.3) is 5.91 Å². The molecule has 2 rings (SSSR count). The van der Waals surface area contributed by atoms with Crippen LogP contribution in [0.3, 0.4) is 0 Å². The van der Waals surface area contributed by atoms with Crippen LogP contribution in [0.2, 0.25) is 5.02 Å². The van der Waals surface area contributed by atoms with Crippen LogP contribution in [0, 0.1) is 0 Å². The van der Waals surface area contributed by atoms with Crippen molar-refractivity contribution < 1.29 is 19.4 Å². The number of carbonyl (C=O) groups excluding carboxylic acids is 1. The molecule has 1 atom stereocenters. The molecular weight excluding hydrogens is 270 g/mol. The zero-order chi connectivity index (χ0) is 14.0. The van der Waals surface area contributed by atoms with Crippen LogP contribution in [0.4, 0.5) is 5.69 Å². The number of anilines is 1. The lowest BCUT2D eigenvalue weighted by atomic mass is 10.0. The molecule has 0 saturated carbocycles. The minimum absolute atomic E-state index is 0.0445. The maximum Gasteiger partial charge on any atom is 0.337 e. The molecule has 6 heteroatoms. The summed E-state index contributed by atoms with van der Waals surface area (Å²) in [5.41, 5.74) is -0.497. The Balaban J connectivity index is 2.17. The van der Waals surface area contributed by atoms with Gasteiger partial charge in [0.15, 0.2) is 0 Å². The van der Waals surface area contributed by atoms with Gasteiger partial charge < -0.3 is 15.2 Å². The average Bonchev–Trinajstić information content (AvgIpc) is 2.79. The third-order valence-electron chi connectivity index (χ3n) is 3.15. The van der Waals surface area contributed by atoms with Crippen molar-refractivity contribution in [3.63, 3.8) is 0 Å². The third-order valence-corrected chi connectivity index (χ3v) is 3.48. The molecule has 1 amide bonds. The number of carboxylic acids is 1. The van der Waals surface area contributed by atoms with Crippen molar-refractivity contribution >= 4 is 29.2 Å². The summed E-state index contributed by atoms with van der Waals surface area (Å²) < 4.78 is 5.42. The first-order valence-electron chi connectivity index (χ1n) is 5.91. The van der Waals surface area contributed by atoms with Gasteiger partial charge in [-0.25, -0.2) is 4.79 Å². The molecule has 1 aliphatic heterocycles. The molecule has 0 spiro atoms. The zero-order valence-electron chi connectivity index (χ0n) is 10.4. The lowest BCUT2D eigenvalue weighted by molar-refractivity contribution is -0.133. The molecule has 1 saturated heterocycles. The highest BCUT2D eigenvalue weighted by atomic mass is 35.5. The van der Waals surface area contributed by atoms with Crippen molar-refractivity contribution in [2.75, 3.05) is 11.9 Å². The number of halogens is 1. The van der Waals surface area contributed by atoms with Crippen molar-refractivity contribution in [3.05, 3.63) is 28.8 Å². The van der Waals surface area contributed by atoms with Gasteiger partial charge in [-0.15, -0.1) is 0 Å². The van der Waals surface area contributed by atoms with Crippen molar-refractivity contribution in [1.29, 1.82) is 0 Å². The molecule has 1 aliphatic rings. The molecule has 19 heavy (non-hydrogen) atoms. The number of aromatic carboxylic acids is 1. The number of rotatable bonds is 3. The first-order valence-corrected chi connectivity index (χ1v) is 6.28. The topological polar surface area (TPSA) is 75.6 Å². The highest BCUT2D eigenvalue weighted by Crippen LogP contribution is 2.27. The van der Waals surface area contributed by atoms with Crippen LogP contribution >= 0.6 is 11.6 Å². The highest BCUT2D eigenvalue weighted by molar-refractivity contribution is 6.33. The standard InChI is InChI=1S/C13H14ClNO4/c1-13(5-2-6-19-13)12(18)15-8-3-4-10(14)9(7-8)11(16)17/h3-4,7H,2,5-6H2,1H3,(H,15,18)(H,16,17). The molecule has 1 fully saturated rings. The monoisotopic (exact) mass is 283 g/mol. The van der Waals surface area contributed by atoms with Crippen molar-refractivity contribution in [1.82, 2.24) is 0 Å². The molecule has 0 radical (unpaired) electrons. The second-order valence-electron chi connectivity index (χ2n) is 4.64. The van der Waals surface area contributed by atoms with Crippen LogP contribution in [0.5, 0.6) is 0 Å². The van der Waals surface area contributed by atoms with Gasteiger partial charge in [0, 0.05) is 12.3 Å². The summed E-state index contributed by atoms with van der Waals surface area (Å²) >= 11 is 5.76. The van der Waals surface area contributed by atoms with Crippen molar-refractivity contribution in [2.24, 2.45) is 0 Å².